The number of carbonyl (C=O) groups is 1. The van der Waals surface area contributed by atoms with Crippen molar-refractivity contribution in [1.82, 2.24) is 24.8 Å². The number of fused-ring (bicyclic) bond motifs is 1. The van der Waals surface area contributed by atoms with Crippen LogP contribution >= 0.6 is 0 Å². The van der Waals surface area contributed by atoms with Crippen LogP contribution in [0, 0.1) is 25.6 Å². The normalized spacial score (nSPS) is 18.6. The molecule has 0 bridgehead atoms. The van der Waals surface area contributed by atoms with E-state index in [0.29, 0.717) is 42.8 Å². The molecule has 0 spiro atoms. The molecule has 8 nitrogen and oxygen atoms in total. The van der Waals surface area contributed by atoms with Gasteiger partial charge in [0.15, 0.2) is 11.6 Å². The van der Waals surface area contributed by atoms with E-state index in [2.05, 4.69) is 63.1 Å². The third-order valence-electron chi connectivity index (χ3n) is 9.81. The van der Waals surface area contributed by atoms with Gasteiger partial charge in [-0.3, -0.25) is 9.78 Å². The van der Waals surface area contributed by atoms with Crippen LogP contribution in [-0.2, 0) is 17.8 Å². The van der Waals surface area contributed by atoms with Gasteiger partial charge in [-0.25, -0.2) is 9.37 Å². The summed E-state index contributed by atoms with van der Waals surface area (Å²) in [5.41, 5.74) is 9.62. The highest BCUT2D eigenvalue weighted by Gasteiger charge is 2.32. The molecule has 2 aliphatic heterocycles. The average Bonchev–Trinajstić information content (AvgIpc) is 3.84. The van der Waals surface area contributed by atoms with Crippen LogP contribution in [0.5, 0.6) is 5.75 Å². The van der Waals surface area contributed by atoms with Crippen molar-refractivity contribution in [2.24, 2.45) is 5.92 Å². The summed E-state index contributed by atoms with van der Waals surface area (Å²) in [6, 6.07) is 12.4. The fraction of sp³-hybridized carbons (Fsp3) is 0.432. The highest BCUT2D eigenvalue weighted by Crippen LogP contribution is 2.42. The fourth-order valence-corrected chi connectivity index (χ4v) is 7.15. The van der Waals surface area contributed by atoms with Crippen LogP contribution in [0.25, 0.3) is 27.6 Å². The number of anilines is 1. The summed E-state index contributed by atoms with van der Waals surface area (Å²) in [7, 11) is 1.54. The van der Waals surface area contributed by atoms with Crippen LogP contribution in [0.15, 0.2) is 42.5 Å². The molecule has 1 saturated carbocycles. The standard InChI is InChI=1S/C37H43FN6O2/c1-5-32-29(11-8-23(2)40-32)30-16-27(15-28-17-33(26-7-6-12-39-19-26)44(36(28)30)20-25-9-10-25)34-21-42(13-14-43(34)22-45)37-35(46-4)18-31(38)24(3)41-37/h7-8,11,15-18,22,25,34,39H,5-6,9-10,12-14,19-21H2,1-4H3. The maximum atomic E-state index is 14.4. The number of hydrogen-bond donors (Lipinski definition) is 1. The molecule has 1 aliphatic carbocycles. The molecule has 3 aliphatic rings. The molecule has 1 saturated heterocycles. The molecular weight excluding hydrogens is 579 g/mol. The molecule has 7 rings (SSSR count). The van der Waals surface area contributed by atoms with Crippen LogP contribution < -0.4 is 15.0 Å². The van der Waals surface area contributed by atoms with E-state index in [1.54, 1.807) is 6.92 Å². The first-order chi connectivity index (χ1) is 22.4. The molecule has 1 atom stereocenters. The number of ether oxygens (including phenoxy) is 1. The number of carbonyl (C=O) groups excluding carboxylic acids is 1. The molecule has 2 fully saturated rings. The number of rotatable bonds is 9. The molecule has 3 aromatic heterocycles. The van der Waals surface area contributed by atoms with Gasteiger partial charge in [0.05, 0.1) is 24.4 Å². The summed E-state index contributed by atoms with van der Waals surface area (Å²) in [4.78, 5) is 26.1. The minimum atomic E-state index is -0.396. The minimum absolute atomic E-state index is 0.236. The van der Waals surface area contributed by atoms with E-state index in [-0.39, 0.29) is 6.04 Å². The Bertz CT molecular complexity index is 1830. The van der Waals surface area contributed by atoms with Crippen molar-refractivity contribution >= 4 is 28.7 Å². The van der Waals surface area contributed by atoms with Crippen LogP contribution in [-0.4, -0.2) is 65.7 Å². The Morgan fingerprint density at radius 1 is 1.09 bits per heavy atom. The van der Waals surface area contributed by atoms with Crippen molar-refractivity contribution in [3.8, 4) is 16.9 Å². The van der Waals surface area contributed by atoms with Crippen molar-refractivity contribution in [1.29, 1.82) is 0 Å². The number of aromatic nitrogens is 3. The van der Waals surface area contributed by atoms with Crippen LogP contribution in [0.1, 0.15) is 60.6 Å². The summed E-state index contributed by atoms with van der Waals surface area (Å²) >= 11 is 0. The number of hydrogen-bond acceptors (Lipinski definition) is 6. The summed E-state index contributed by atoms with van der Waals surface area (Å²) in [6.45, 7) is 10.3. The topological polar surface area (TPSA) is 75.5 Å². The quantitative estimate of drug-likeness (QED) is 0.223. The number of piperazine rings is 1. The number of halogens is 1. The number of nitrogens with zero attached hydrogens (tertiary/aromatic N) is 5. The highest BCUT2D eigenvalue weighted by atomic mass is 19.1. The number of benzene rings is 1. The molecule has 0 radical (unpaired) electrons. The van der Waals surface area contributed by atoms with Gasteiger partial charge in [-0.1, -0.05) is 19.1 Å². The first-order valence-corrected chi connectivity index (χ1v) is 16.6. The fourth-order valence-electron chi connectivity index (χ4n) is 7.15. The van der Waals surface area contributed by atoms with Crippen molar-refractivity contribution in [3.63, 3.8) is 0 Å². The molecular formula is C37H43FN6O2. The second-order valence-corrected chi connectivity index (χ2v) is 13.0. The van der Waals surface area contributed by atoms with E-state index in [9.17, 15) is 9.18 Å². The number of amides is 1. The minimum Gasteiger partial charge on any atom is -0.493 e. The van der Waals surface area contributed by atoms with Gasteiger partial charge in [-0.05, 0) is 87.4 Å². The van der Waals surface area contributed by atoms with Gasteiger partial charge in [-0.15, -0.1) is 0 Å². The smallest absolute Gasteiger partial charge is 0.210 e. The molecule has 1 amide bonds. The molecule has 1 unspecified atom stereocenters. The van der Waals surface area contributed by atoms with Crippen molar-refractivity contribution in [2.45, 2.75) is 59.0 Å². The second kappa shape index (κ2) is 12.5. The zero-order valence-electron chi connectivity index (χ0n) is 27.3. The predicted octanol–water partition coefficient (Wildman–Crippen LogP) is 6.23. The van der Waals surface area contributed by atoms with Crippen molar-refractivity contribution in [2.75, 3.05) is 44.7 Å². The zero-order valence-corrected chi connectivity index (χ0v) is 27.3. The molecule has 5 heterocycles. The lowest BCUT2D eigenvalue weighted by molar-refractivity contribution is -0.120. The third-order valence-corrected chi connectivity index (χ3v) is 9.81. The Morgan fingerprint density at radius 3 is 2.65 bits per heavy atom. The Labute approximate surface area is 270 Å². The molecule has 240 valence electrons. The Balaban J connectivity index is 1.42. The summed E-state index contributed by atoms with van der Waals surface area (Å²) in [6.07, 6.45) is 7.72. The van der Waals surface area contributed by atoms with E-state index < -0.39 is 5.82 Å². The van der Waals surface area contributed by atoms with Gasteiger partial charge in [0, 0.05) is 72.4 Å². The maximum Gasteiger partial charge on any atom is 0.210 e. The van der Waals surface area contributed by atoms with Gasteiger partial charge in [0.1, 0.15) is 5.82 Å². The van der Waals surface area contributed by atoms with Gasteiger partial charge in [-0.2, -0.15) is 0 Å². The molecule has 1 aromatic carbocycles. The van der Waals surface area contributed by atoms with Crippen LogP contribution in [0.3, 0.4) is 0 Å². The van der Waals surface area contributed by atoms with Crippen molar-refractivity contribution < 1.29 is 13.9 Å². The molecule has 9 heteroatoms. The van der Waals surface area contributed by atoms with Crippen molar-refractivity contribution in [3.05, 3.63) is 76.6 Å². The van der Waals surface area contributed by atoms with E-state index in [1.807, 2.05) is 11.8 Å². The lowest BCUT2D eigenvalue weighted by atomic mass is 9.93. The lowest BCUT2D eigenvalue weighted by Gasteiger charge is -2.41. The zero-order chi connectivity index (χ0) is 31.9. The molecule has 46 heavy (non-hydrogen) atoms. The monoisotopic (exact) mass is 622 g/mol. The highest BCUT2D eigenvalue weighted by molar-refractivity contribution is 5.98. The predicted molar refractivity (Wildman–Crippen MR) is 181 cm³/mol. The van der Waals surface area contributed by atoms with Crippen LogP contribution in [0.4, 0.5) is 10.2 Å². The molecule has 4 aromatic rings. The largest absolute Gasteiger partial charge is 0.493 e. The lowest BCUT2D eigenvalue weighted by Crippen LogP contribution is -2.48. The maximum absolute atomic E-state index is 14.4. The van der Waals surface area contributed by atoms with Gasteiger partial charge >= 0.3 is 0 Å². The number of nitrogens with one attached hydrogen (secondary N) is 1. The van der Waals surface area contributed by atoms with E-state index in [4.69, 9.17) is 9.72 Å². The van der Waals surface area contributed by atoms with Gasteiger partial charge in [0.25, 0.3) is 0 Å². The summed E-state index contributed by atoms with van der Waals surface area (Å²) in [5.74, 6) is 1.29. The van der Waals surface area contributed by atoms with Gasteiger partial charge < -0.3 is 24.4 Å². The third kappa shape index (κ3) is 5.66. The Kier molecular flexibility index (Phi) is 8.27. The summed E-state index contributed by atoms with van der Waals surface area (Å²) < 4.78 is 22.6. The van der Waals surface area contributed by atoms with E-state index >= 15 is 0 Å². The van der Waals surface area contributed by atoms with Gasteiger partial charge in [0.2, 0.25) is 6.41 Å². The first kappa shape index (κ1) is 30.4. The Morgan fingerprint density at radius 2 is 1.93 bits per heavy atom. The Hall–Kier alpha value is -4.24. The number of pyridine rings is 2. The number of aryl methyl sites for hydroxylation is 3. The molecule has 1 N–H and O–H groups in total. The average molecular weight is 623 g/mol. The SMILES string of the molecule is CCc1nc(C)ccc1-c1cc(C2CN(c3nc(C)c(F)cc3OC)CCN2C=O)cc2cc(C3=CCCNC3)n(CC3CC3)c12. The van der Waals surface area contributed by atoms with E-state index in [1.165, 1.54) is 48.2 Å². The van der Waals surface area contributed by atoms with Crippen LogP contribution in [0.2, 0.25) is 0 Å². The number of methoxy groups -OCH3 is 1. The first-order valence-electron chi connectivity index (χ1n) is 16.6. The second-order valence-electron chi connectivity index (χ2n) is 13.0. The van der Waals surface area contributed by atoms with E-state index in [0.717, 1.165) is 67.0 Å². The summed E-state index contributed by atoms with van der Waals surface area (Å²) in [5, 5.41) is 4.75.